The molecular formula is C20H19BrN6O5. The zero-order valence-electron chi connectivity index (χ0n) is 17.1. The van der Waals surface area contributed by atoms with Crippen LogP contribution in [0.3, 0.4) is 0 Å². The molecular weight excluding hydrogens is 484 g/mol. The number of nitrogens with zero attached hydrogens (tertiary/aromatic N) is 6. The van der Waals surface area contributed by atoms with Gasteiger partial charge in [0.05, 0.1) is 11.5 Å². The molecule has 0 aliphatic carbocycles. The summed E-state index contributed by atoms with van der Waals surface area (Å²) in [6, 6.07) is 7.10. The van der Waals surface area contributed by atoms with Crippen LogP contribution in [0.25, 0.3) is 10.9 Å². The summed E-state index contributed by atoms with van der Waals surface area (Å²) >= 11 is 3.47. The van der Waals surface area contributed by atoms with Crippen molar-refractivity contribution in [3.63, 3.8) is 0 Å². The summed E-state index contributed by atoms with van der Waals surface area (Å²) < 4.78 is 11.7. The van der Waals surface area contributed by atoms with E-state index in [4.69, 9.17) is 9.47 Å². The minimum atomic E-state index is -0.559. The first kappa shape index (κ1) is 21.7. The Balaban J connectivity index is 1.64. The van der Waals surface area contributed by atoms with Crippen molar-refractivity contribution in [2.45, 2.75) is 6.92 Å². The molecule has 1 amide bonds. The van der Waals surface area contributed by atoms with Crippen LogP contribution >= 0.6 is 15.9 Å². The number of carbonyl (C=O) groups excluding carboxylic acids is 1. The first-order valence-corrected chi connectivity index (χ1v) is 10.7. The molecule has 0 atom stereocenters. The van der Waals surface area contributed by atoms with Gasteiger partial charge in [-0.1, -0.05) is 22.0 Å². The monoisotopic (exact) mass is 502 g/mol. The standard InChI is InChI=1S/C20H19BrN6O5/c1-2-31-20(28)26-10-8-25(9-11-26)18-17(27(29)30)19(24-12-23-18)32-15-6-5-14(21)13-4-3-7-22-16(13)15/h3-7,12H,2,8-11H2,1H3. The molecule has 0 spiro atoms. The zero-order chi connectivity index (χ0) is 22.7. The molecule has 1 saturated heterocycles. The quantitative estimate of drug-likeness (QED) is 0.378. The topological polar surface area (TPSA) is 124 Å². The lowest BCUT2D eigenvalue weighted by Gasteiger charge is -2.34. The van der Waals surface area contributed by atoms with Crippen LogP contribution < -0.4 is 9.64 Å². The van der Waals surface area contributed by atoms with Gasteiger partial charge in [-0.3, -0.25) is 15.1 Å². The number of amides is 1. The molecule has 4 rings (SSSR count). The smallest absolute Gasteiger partial charge is 0.409 e. The SMILES string of the molecule is CCOC(=O)N1CCN(c2ncnc(Oc3ccc(Br)c4cccnc34)c2[N+](=O)[O-])CC1. The normalized spacial score (nSPS) is 13.8. The largest absolute Gasteiger partial charge is 0.450 e. The minimum Gasteiger partial charge on any atom is -0.450 e. The molecule has 3 heterocycles. The van der Waals surface area contributed by atoms with E-state index in [9.17, 15) is 14.9 Å². The van der Waals surface area contributed by atoms with E-state index in [-0.39, 0.29) is 24.0 Å². The number of halogens is 1. The molecule has 0 bridgehead atoms. The van der Waals surface area contributed by atoms with Crippen LogP contribution in [0.2, 0.25) is 0 Å². The minimum absolute atomic E-state index is 0.137. The fourth-order valence-corrected chi connectivity index (χ4v) is 3.89. The van der Waals surface area contributed by atoms with Crippen LogP contribution in [0.15, 0.2) is 41.3 Å². The van der Waals surface area contributed by atoms with Crippen molar-refractivity contribution in [2.75, 3.05) is 37.7 Å². The molecule has 32 heavy (non-hydrogen) atoms. The molecule has 2 aromatic heterocycles. The molecule has 0 unspecified atom stereocenters. The molecule has 11 nitrogen and oxygen atoms in total. The highest BCUT2D eigenvalue weighted by Crippen LogP contribution is 2.39. The molecule has 0 saturated carbocycles. The molecule has 1 aromatic carbocycles. The predicted molar refractivity (Wildman–Crippen MR) is 119 cm³/mol. The number of hydrogen-bond acceptors (Lipinski definition) is 9. The summed E-state index contributed by atoms with van der Waals surface area (Å²) in [7, 11) is 0. The van der Waals surface area contributed by atoms with E-state index in [1.807, 2.05) is 6.07 Å². The third kappa shape index (κ3) is 4.26. The van der Waals surface area contributed by atoms with Crippen molar-refractivity contribution in [3.8, 4) is 11.6 Å². The van der Waals surface area contributed by atoms with E-state index in [1.54, 1.807) is 41.1 Å². The Morgan fingerprint density at radius 1 is 1.19 bits per heavy atom. The number of pyridine rings is 1. The lowest BCUT2D eigenvalue weighted by Crippen LogP contribution is -2.49. The van der Waals surface area contributed by atoms with Crippen molar-refractivity contribution in [2.24, 2.45) is 0 Å². The number of nitro groups is 1. The molecule has 1 aliphatic rings. The van der Waals surface area contributed by atoms with Crippen LogP contribution in [-0.2, 0) is 4.74 Å². The van der Waals surface area contributed by atoms with Gasteiger partial charge in [-0.2, -0.15) is 4.98 Å². The first-order chi connectivity index (χ1) is 15.5. The van der Waals surface area contributed by atoms with Gasteiger partial charge in [0.25, 0.3) is 0 Å². The number of hydrogen-bond donors (Lipinski definition) is 0. The predicted octanol–water partition coefficient (Wildman–Crippen LogP) is 3.77. The summed E-state index contributed by atoms with van der Waals surface area (Å²) in [5.41, 5.74) is 0.198. The summed E-state index contributed by atoms with van der Waals surface area (Å²) in [5.74, 6) is 0.295. The van der Waals surface area contributed by atoms with E-state index in [0.717, 1.165) is 9.86 Å². The van der Waals surface area contributed by atoms with Gasteiger partial charge >= 0.3 is 17.7 Å². The van der Waals surface area contributed by atoms with E-state index in [0.29, 0.717) is 37.4 Å². The maximum absolute atomic E-state index is 12.0. The maximum Gasteiger partial charge on any atom is 0.409 e. The van der Waals surface area contributed by atoms with Gasteiger partial charge in [-0.15, -0.1) is 0 Å². The van der Waals surface area contributed by atoms with Crippen molar-refractivity contribution in [1.82, 2.24) is 19.9 Å². The average molecular weight is 503 g/mol. The fraction of sp³-hybridized carbons (Fsp3) is 0.300. The second kappa shape index (κ2) is 9.30. The van der Waals surface area contributed by atoms with Gasteiger partial charge in [0.15, 0.2) is 5.75 Å². The van der Waals surface area contributed by atoms with Gasteiger partial charge in [-0.25, -0.2) is 9.78 Å². The summed E-state index contributed by atoms with van der Waals surface area (Å²) in [4.78, 5) is 39.1. The van der Waals surface area contributed by atoms with E-state index >= 15 is 0 Å². The number of piperazine rings is 1. The second-order valence-corrected chi connectivity index (χ2v) is 7.68. The Labute approximate surface area is 191 Å². The van der Waals surface area contributed by atoms with Gasteiger partial charge in [0.2, 0.25) is 5.82 Å². The van der Waals surface area contributed by atoms with Gasteiger partial charge in [0, 0.05) is 42.2 Å². The first-order valence-electron chi connectivity index (χ1n) is 9.86. The van der Waals surface area contributed by atoms with Crippen LogP contribution in [-0.4, -0.2) is 63.7 Å². The Bertz CT molecular complexity index is 1170. The van der Waals surface area contributed by atoms with Crippen LogP contribution in [0, 0.1) is 10.1 Å². The fourth-order valence-electron chi connectivity index (χ4n) is 3.43. The van der Waals surface area contributed by atoms with Gasteiger partial charge < -0.3 is 19.3 Å². The molecule has 166 valence electrons. The van der Waals surface area contributed by atoms with Crippen molar-refractivity contribution < 1.29 is 19.2 Å². The van der Waals surface area contributed by atoms with Crippen molar-refractivity contribution in [3.05, 3.63) is 51.4 Å². The zero-order valence-corrected chi connectivity index (χ0v) is 18.7. The number of anilines is 1. The highest BCUT2D eigenvalue weighted by molar-refractivity contribution is 9.10. The van der Waals surface area contributed by atoms with Crippen LogP contribution in [0.5, 0.6) is 11.6 Å². The van der Waals surface area contributed by atoms with E-state index in [2.05, 4.69) is 30.9 Å². The third-order valence-corrected chi connectivity index (χ3v) is 5.63. The molecule has 1 aliphatic heterocycles. The number of carbonyl (C=O) groups is 1. The summed E-state index contributed by atoms with van der Waals surface area (Å²) in [6.45, 7) is 3.47. The van der Waals surface area contributed by atoms with Crippen molar-refractivity contribution >= 4 is 44.4 Å². The number of fused-ring (bicyclic) bond motifs is 1. The van der Waals surface area contributed by atoms with E-state index in [1.165, 1.54) is 6.33 Å². The highest BCUT2D eigenvalue weighted by atomic mass is 79.9. The Hall–Kier alpha value is -3.54. The molecule has 12 heteroatoms. The lowest BCUT2D eigenvalue weighted by molar-refractivity contribution is -0.385. The molecule has 1 fully saturated rings. The Morgan fingerprint density at radius 3 is 2.69 bits per heavy atom. The number of aromatic nitrogens is 3. The average Bonchev–Trinajstić information content (AvgIpc) is 2.81. The maximum atomic E-state index is 12.0. The molecule has 0 N–H and O–H groups in total. The molecule has 0 radical (unpaired) electrons. The lowest BCUT2D eigenvalue weighted by atomic mass is 10.2. The van der Waals surface area contributed by atoms with Crippen LogP contribution in [0.4, 0.5) is 16.3 Å². The van der Waals surface area contributed by atoms with Crippen LogP contribution in [0.1, 0.15) is 6.92 Å². The summed E-state index contributed by atoms with van der Waals surface area (Å²) in [5, 5.41) is 12.8. The van der Waals surface area contributed by atoms with Gasteiger partial charge in [0.1, 0.15) is 11.8 Å². The third-order valence-electron chi connectivity index (χ3n) is 4.94. The second-order valence-electron chi connectivity index (χ2n) is 6.83. The summed E-state index contributed by atoms with van der Waals surface area (Å²) in [6.07, 6.45) is 2.44. The van der Waals surface area contributed by atoms with E-state index < -0.39 is 11.0 Å². The molecule has 3 aromatic rings. The Kier molecular flexibility index (Phi) is 6.30. The van der Waals surface area contributed by atoms with Gasteiger partial charge in [-0.05, 0) is 25.1 Å². The van der Waals surface area contributed by atoms with Crippen molar-refractivity contribution in [1.29, 1.82) is 0 Å². The number of rotatable bonds is 5. The Morgan fingerprint density at radius 2 is 1.97 bits per heavy atom. The highest BCUT2D eigenvalue weighted by Gasteiger charge is 2.32. The number of ether oxygens (including phenoxy) is 2. The number of benzene rings is 1.